The highest BCUT2D eigenvalue weighted by Crippen LogP contribution is 2.20. The molecule has 0 aliphatic carbocycles. The van der Waals surface area contributed by atoms with Gasteiger partial charge in [-0.05, 0) is 35.9 Å². The Bertz CT molecular complexity index is 594. The molecule has 0 saturated heterocycles. The van der Waals surface area contributed by atoms with E-state index in [1.807, 2.05) is 30.5 Å². The number of carbonyl (C=O) groups is 1. The normalized spacial score (nSPS) is 19.1. The van der Waals surface area contributed by atoms with Crippen molar-refractivity contribution in [2.75, 3.05) is 0 Å². The third-order valence-electron chi connectivity index (χ3n) is 3.73. The fraction of sp³-hybridized carbons (Fsp3) is 0.312. The molecule has 20 heavy (non-hydrogen) atoms. The van der Waals surface area contributed by atoms with Gasteiger partial charge >= 0.3 is 0 Å². The average molecular weight is 286 g/mol. The van der Waals surface area contributed by atoms with Gasteiger partial charge in [0, 0.05) is 11.4 Å². The molecular formula is C16H18N2OS. The minimum Gasteiger partial charge on any atom is -0.347 e. The predicted molar refractivity (Wildman–Crippen MR) is 81.7 cm³/mol. The van der Waals surface area contributed by atoms with Gasteiger partial charge in [0.1, 0.15) is 0 Å². The second-order valence-corrected chi connectivity index (χ2v) is 6.13. The van der Waals surface area contributed by atoms with Gasteiger partial charge in [-0.1, -0.05) is 30.3 Å². The second kappa shape index (κ2) is 5.77. The Morgan fingerprint density at radius 3 is 2.85 bits per heavy atom. The van der Waals surface area contributed by atoms with Gasteiger partial charge in [-0.25, -0.2) is 0 Å². The summed E-state index contributed by atoms with van der Waals surface area (Å²) in [6.07, 6.45) is 0.763. The maximum Gasteiger partial charge on any atom is 0.237 e. The van der Waals surface area contributed by atoms with Crippen LogP contribution in [-0.4, -0.2) is 11.9 Å². The summed E-state index contributed by atoms with van der Waals surface area (Å²) < 4.78 is 0. The summed E-state index contributed by atoms with van der Waals surface area (Å²) >= 11 is 1.67. The topological polar surface area (TPSA) is 41.1 Å². The maximum atomic E-state index is 12.3. The molecule has 104 valence electrons. The Kier molecular flexibility index (Phi) is 3.85. The SMILES string of the molecule is C[C@@H](NC(=O)[C@H]1Cc2ccccc2CN1)c1cccs1. The molecule has 1 amide bonds. The van der Waals surface area contributed by atoms with Crippen LogP contribution in [0.15, 0.2) is 41.8 Å². The van der Waals surface area contributed by atoms with Gasteiger partial charge in [0.05, 0.1) is 12.1 Å². The van der Waals surface area contributed by atoms with Gasteiger partial charge in [0.15, 0.2) is 0 Å². The van der Waals surface area contributed by atoms with Gasteiger partial charge in [-0.15, -0.1) is 11.3 Å². The number of nitrogens with one attached hydrogen (secondary N) is 2. The quantitative estimate of drug-likeness (QED) is 0.910. The van der Waals surface area contributed by atoms with E-state index in [1.165, 1.54) is 16.0 Å². The molecule has 0 spiro atoms. The van der Waals surface area contributed by atoms with Crippen molar-refractivity contribution in [2.45, 2.75) is 32.0 Å². The van der Waals surface area contributed by atoms with E-state index < -0.39 is 0 Å². The first-order chi connectivity index (χ1) is 9.74. The van der Waals surface area contributed by atoms with Crippen LogP contribution in [0, 0.1) is 0 Å². The zero-order chi connectivity index (χ0) is 13.9. The lowest BCUT2D eigenvalue weighted by Gasteiger charge is -2.26. The van der Waals surface area contributed by atoms with E-state index in [1.54, 1.807) is 11.3 Å². The lowest BCUT2D eigenvalue weighted by atomic mass is 9.95. The van der Waals surface area contributed by atoms with Crippen LogP contribution >= 0.6 is 11.3 Å². The lowest BCUT2D eigenvalue weighted by Crippen LogP contribution is -2.48. The van der Waals surface area contributed by atoms with Crippen LogP contribution in [-0.2, 0) is 17.8 Å². The molecule has 0 bridgehead atoms. The van der Waals surface area contributed by atoms with Crippen molar-refractivity contribution in [1.29, 1.82) is 0 Å². The number of hydrogen-bond donors (Lipinski definition) is 2. The van der Waals surface area contributed by atoms with E-state index >= 15 is 0 Å². The summed E-state index contributed by atoms with van der Waals surface area (Å²) in [4.78, 5) is 13.5. The van der Waals surface area contributed by atoms with E-state index in [0.29, 0.717) is 0 Å². The summed E-state index contributed by atoms with van der Waals surface area (Å²) in [6.45, 7) is 2.79. The van der Waals surface area contributed by atoms with Crippen molar-refractivity contribution in [3.63, 3.8) is 0 Å². The molecule has 0 unspecified atom stereocenters. The van der Waals surface area contributed by atoms with Crippen LogP contribution in [0.5, 0.6) is 0 Å². The number of benzene rings is 1. The maximum absolute atomic E-state index is 12.3. The van der Waals surface area contributed by atoms with Crippen LogP contribution < -0.4 is 10.6 Å². The highest BCUT2D eigenvalue weighted by molar-refractivity contribution is 7.10. The minimum atomic E-state index is -0.132. The van der Waals surface area contributed by atoms with Crippen LogP contribution in [0.25, 0.3) is 0 Å². The Hall–Kier alpha value is -1.65. The third-order valence-corrected chi connectivity index (χ3v) is 4.78. The molecule has 1 aromatic heterocycles. The van der Waals surface area contributed by atoms with E-state index in [4.69, 9.17) is 0 Å². The largest absolute Gasteiger partial charge is 0.347 e. The van der Waals surface area contributed by atoms with Crippen molar-refractivity contribution >= 4 is 17.2 Å². The predicted octanol–water partition coefficient (Wildman–Crippen LogP) is 2.64. The minimum absolute atomic E-state index is 0.0708. The van der Waals surface area contributed by atoms with Crippen molar-refractivity contribution in [1.82, 2.24) is 10.6 Å². The van der Waals surface area contributed by atoms with Gasteiger partial charge in [0.2, 0.25) is 5.91 Å². The first-order valence-corrected chi connectivity index (χ1v) is 7.76. The van der Waals surface area contributed by atoms with E-state index in [9.17, 15) is 4.79 Å². The van der Waals surface area contributed by atoms with E-state index in [0.717, 1.165) is 13.0 Å². The van der Waals surface area contributed by atoms with E-state index in [-0.39, 0.29) is 18.0 Å². The standard InChI is InChI=1S/C16H18N2OS/c1-11(15-7-4-8-20-15)18-16(19)14-9-12-5-2-3-6-13(12)10-17-14/h2-8,11,14,17H,9-10H2,1H3,(H,18,19)/t11-,14-/m1/s1. The number of amides is 1. The molecule has 4 heteroatoms. The number of thiophene rings is 1. The summed E-state index contributed by atoms with van der Waals surface area (Å²) in [6, 6.07) is 12.3. The molecule has 0 radical (unpaired) electrons. The molecule has 2 aromatic rings. The first kappa shape index (κ1) is 13.3. The number of hydrogen-bond acceptors (Lipinski definition) is 3. The van der Waals surface area contributed by atoms with Gasteiger partial charge in [-0.3, -0.25) is 4.79 Å². The fourth-order valence-corrected chi connectivity index (χ4v) is 3.30. The highest BCUT2D eigenvalue weighted by atomic mass is 32.1. The fourth-order valence-electron chi connectivity index (χ4n) is 2.56. The monoisotopic (exact) mass is 286 g/mol. The number of fused-ring (bicyclic) bond motifs is 1. The third kappa shape index (κ3) is 2.76. The summed E-state index contributed by atoms with van der Waals surface area (Å²) in [5.41, 5.74) is 2.57. The zero-order valence-corrected chi connectivity index (χ0v) is 12.2. The Labute approximate surface area is 123 Å². The zero-order valence-electron chi connectivity index (χ0n) is 11.4. The van der Waals surface area contributed by atoms with Gasteiger partial charge in [-0.2, -0.15) is 0 Å². The van der Waals surface area contributed by atoms with Crippen molar-refractivity contribution < 1.29 is 4.79 Å². The van der Waals surface area contributed by atoms with Crippen LogP contribution in [0.2, 0.25) is 0 Å². The number of rotatable bonds is 3. The van der Waals surface area contributed by atoms with Gasteiger partial charge < -0.3 is 10.6 Å². The van der Waals surface area contributed by atoms with Crippen molar-refractivity contribution in [3.05, 3.63) is 57.8 Å². The smallest absolute Gasteiger partial charge is 0.237 e. The lowest BCUT2D eigenvalue weighted by molar-refractivity contribution is -0.123. The van der Waals surface area contributed by atoms with Crippen molar-refractivity contribution in [3.8, 4) is 0 Å². The summed E-state index contributed by atoms with van der Waals surface area (Å²) in [5, 5.41) is 8.44. The second-order valence-electron chi connectivity index (χ2n) is 5.15. The first-order valence-electron chi connectivity index (χ1n) is 6.88. The molecule has 1 aliphatic rings. The van der Waals surface area contributed by atoms with Crippen LogP contribution in [0.4, 0.5) is 0 Å². The molecule has 2 atom stereocenters. The van der Waals surface area contributed by atoms with Crippen LogP contribution in [0.3, 0.4) is 0 Å². The molecule has 1 aliphatic heterocycles. The molecular weight excluding hydrogens is 268 g/mol. The van der Waals surface area contributed by atoms with Crippen LogP contribution in [0.1, 0.15) is 29.0 Å². The molecule has 2 N–H and O–H groups in total. The number of carbonyl (C=O) groups excluding carboxylic acids is 1. The Balaban J connectivity index is 1.64. The summed E-state index contributed by atoms with van der Waals surface area (Å²) in [5.74, 6) is 0.0837. The molecule has 3 rings (SSSR count). The Morgan fingerprint density at radius 2 is 2.10 bits per heavy atom. The Morgan fingerprint density at radius 1 is 1.30 bits per heavy atom. The molecule has 0 saturated carbocycles. The average Bonchev–Trinajstić information content (AvgIpc) is 3.01. The molecule has 2 heterocycles. The van der Waals surface area contributed by atoms with Gasteiger partial charge in [0.25, 0.3) is 0 Å². The molecule has 3 nitrogen and oxygen atoms in total. The molecule has 0 fully saturated rings. The highest BCUT2D eigenvalue weighted by Gasteiger charge is 2.25. The van der Waals surface area contributed by atoms with Crippen molar-refractivity contribution in [2.24, 2.45) is 0 Å². The van der Waals surface area contributed by atoms with E-state index in [2.05, 4.69) is 28.8 Å². The molecule has 1 aromatic carbocycles. The summed E-state index contributed by atoms with van der Waals surface area (Å²) in [7, 11) is 0.